The summed E-state index contributed by atoms with van der Waals surface area (Å²) in [5, 5.41) is 8.67. The lowest BCUT2D eigenvalue weighted by Crippen LogP contribution is -2.46. The molecule has 33 heavy (non-hydrogen) atoms. The number of nitrogens with zero attached hydrogens (tertiary/aromatic N) is 3. The molecule has 3 aromatic rings. The van der Waals surface area contributed by atoms with E-state index in [1.807, 2.05) is 20.8 Å². The largest absolute Gasteiger partial charge is 0.361 e. The number of halogens is 3. The lowest BCUT2D eigenvalue weighted by molar-refractivity contribution is 0.0939. The van der Waals surface area contributed by atoms with Gasteiger partial charge in [-0.3, -0.25) is 9.20 Å². The van der Waals surface area contributed by atoms with Gasteiger partial charge in [0.25, 0.3) is 5.91 Å². The van der Waals surface area contributed by atoms with Crippen molar-refractivity contribution in [2.75, 3.05) is 25.0 Å². The average molecular weight is 461 g/mol. The van der Waals surface area contributed by atoms with Crippen LogP contribution in [0, 0.1) is 17.0 Å². The third-order valence-corrected chi connectivity index (χ3v) is 5.45. The number of amides is 1. The van der Waals surface area contributed by atoms with Gasteiger partial charge < -0.3 is 16.0 Å². The number of rotatable bonds is 5. The maximum atomic E-state index is 14.7. The van der Waals surface area contributed by atoms with Gasteiger partial charge in [0.2, 0.25) is 0 Å². The van der Waals surface area contributed by atoms with Gasteiger partial charge in [0.15, 0.2) is 17.5 Å². The highest BCUT2D eigenvalue weighted by Gasteiger charge is 2.27. The van der Waals surface area contributed by atoms with E-state index in [1.54, 1.807) is 22.7 Å². The van der Waals surface area contributed by atoms with E-state index in [0.29, 0.717) is 37.3 Å². The molecule has 0 bridgehead atoms. The molecular weight excluding hydrogens is 433 g/mol. The summed E-state index contributed by atoms with van der Waals surface area (Å²) >= 11 is 0. The van der Waals surface area contributed by atoms with Gasteiger partial charge in [-0.15, -0.1) is 0 Å². The molecule has 4 heterocycles. The summed E-state index contributed by atoms with van der Waals surface area (Å²) in [6.45, 7) is 7.41. The first kappa shape index (κ1) is 23.0. The molecule has 1 aliphatic rings. The third-order valence-electron chi connectivity index (χ3n) is 5.45. The highest BCUT2D eigenvalue weighted by Crippen LogP contribution is 2.27. The molecule has 0 spiro atoms. The van der Waals surface area contributed by atoms with Crippen molar-refractivity contribution in [3.63, 3.8) is 0 Å². The van der Waals surface area contributed by atoms with E-state index in [2.05, 4.69) is 25.9 Å². The van der Waals surface area contributed by atoms with Gasteiger partial charge in [-0.1, -0.05) is 20.8 Å². The van der Waals surface area contributed by atoms with Crippen molar-refractivity contribution in [3.05, 3.63) is 47.8 Å². The van der Waals surface area contributed by atoms with Gasteiger partial charge in [0.05, 0.1) is 17.9 Å². The van der Waals surface area contributed by atoms with Crippen molar-refractivity contribution in [1.82, 2.24) is 25.0 Å². The summed E-state index contributed by atoms with van der Waals surface area (Å²) in [5.41, 5.74) is 0.917. The molecule has 3 N–H and O–H groups in total. The van der Waals surface area contributed by atoms with E-state index in [0.717, 1.165) is 6.07 Å². The van der Waals surface area contributed by atoms with Crippen LogP contribution in [0.1, 0.15) is 37.6 Å². The second-order valence-electron chi connectivity index (χ2n) is 9.44. The van der Waals surface area contributed by atoms with Crippen molar-refractivity contribution in [2.24, 2.45) is 5.41 Å². The first-order valence-corrected chi connectivity index (χ1v) is 10.9. The second kappa shape index (κ2) is 9.01. The Morgan fingerprint density at radius 2 is 2.06 bits per heavy atom. The first-order valence-electron chi connectivity index (χ1n) is 10.9. The lowest BCUT2D eigenvalue weighted by Gasteiger charge is -2.28. The molecular formula is C23H27F3N6O. The summed E-state index contributed by atoms with van der Waals surface area (Å²) in [4.78, 5) is 20.8. The number of carbonyl (C=O) groups excluding carboxylic acids is 1. The SMILES string of the molecule is CC(C)(C)CNC(=O)c1ccn2c(-c3nc(N[C@@H]4CNCC[C@H]4F)c(F)cc3F)cnc2c1. The highest BCUT2D eigenvalue weighted by atomic mass is 19.1. The predicted molar refractivity (Wildman–Crippen MR) is 120 cm³/mol. The zero-order valence-corrected chi connectivity index (χ0v) is 18.8. The molecule has 1 amide bonds. The van der Waals surface area contributed by atoms with Crippen LogP contribution in [0.5, 0.6) is 0 Å². The molecule has 176 valence electrons. The Bertz CT molecular complexity index is 1170. The number of imidazole rings is 1. The highest BCUT2D eigenvalue weighted by molar-refractivity contribution is 5.95. The van der Waals surface area contributed by atoms with E-state index in [-0.39, 0.29) is 28.5 Å². The summed E-state index contributed by atoms with van der Waals surface area (Å²) in [6, 6.07) is 3.24. The number of alkyl halides is 1. The van der Waals surface area contributed by atoms with E-state index in [1.165, 1.54) is 6.20 Å². The van der Waals surface area contributed by atoms with E-state index < -0.39 is 23.8 Å². The minimum absolute atomic E-state index is 0.0619. The second-order valence-corrected chi connectivity index (χ2v) is 9.44. The van der Waals surface area contributed by atoms with E-state index >= 15 is 0 Å². The number of piperidine rings is 1. The number of hydrogen-bond acceptors (Lipinski definition) is 5. The van der Waals surface area contributed by atoms with Crippen LogP contribution in [0.25, 0.3) is 17.0 Å². The van der Waals surface area contributed by atoms with Crippen molar-refractivity contribution in [2.45, 2.75) is 39.4 Å². The number of nitrogens with one attached hydrogen (secondary N) is 3. The first-order chi connectivity index (χ1) is 15.6. The van der Waals surface area contributed by atoms with Crippen LogP contribution >= 0.6 is 0 Å². The van der Waals surface area contributed by atoms with Crippen molar-refractivity contribution in [1.29, 1.82) is 0 Å². The summed E-state index contributed by atoms with van der Waals surface area (Å²) in [7, 11) is 0. The molecule has 0 aromatic carbocycles. The van der Waals surface area contributed by atoms with E-state index in [9.17, 15) is 18.0 Å². The topological polar surface area (TPSA) is 83.4 Å². The molecule has 0 saturated carbocycles. The summed E-state index contributed by atoms with van der Waals surface area (Å²) < 4.78 is 44.8. The molecule has 2 atom stereocenters. The fourth-order valence-corrected chi connectivity index (χ4v) is 3.64. The van der Waals surface area contributed by atoms with Gasteiger partial charge in [0.1, 0.15) is 17.5 Å². The molecule has 1 aliphatic heterocycles. The minimum Gasteiger partial charge on any atom is -0.361 e. The number of pyridine rings is 2. The fraction of sp³-hybridized carbons (Fsp3) is 0.435. The number of anilines is 1. The molecule has 0 radical (unpaired) electrons. The maximum absolute atomic E-state index is 14.7. The van der Waals surface area contributed by atoms with Gasteiger partial charge in [0, 0.05) is 30.9 Å². The molecule has 10 heteroatoms. The average Bonchev–Trinajstić information content (AvgIpc) is 3.18. The van der Waals surface area contributed by atoms with Gasteiger partial charge >= 0.3 is 0 Å². The molecule has 3 aromatic heterocycles. The van der Waals surface area contributed by atoms with Gasteiger partial charge in [-0.25, -0.2) is 23.1 Å². The Morgan fingerprint density at radius 1 is 1.27 bits per heavy atom. The fourth-order valence-electron chi connectivity index (χ4n) is 3.64. The summed E-state index contributed by atoms with van der Waals surface area (Å²) in [5.74, 6) is -2.24. The Kier molecular flexibility index (Phi) is 6.29. The van der Waals surface area contributed by atoms with Gasteiger partial charge in [-0.05, 0) is 30.5 Å². The Labute approximate surface area is 189 Å². The zero-order valence-electron chi connectivity index (χ0n) is 18.8. The number of aromatic nitrogens is 3. The zero-order chi connectivity index (χ0) is 23.8. The Hall–Kier alpha value is -3.14. The van der Waals surface area contributed by atoms with Crippen LogP contribution in [0.4, 0.5) is 19.0 Å². The van der Waals surface area contributed by atoms with Crippen molar-refractivity contribution < 1.29 is 18.0 Å². The van der Waals surface area contributed by atoms with Crippen LogP contribution in [0.2, 0.25) is 0 Å². The summed E-state index contributed by atoms with van der Waals surface area (Å²) in [6.07, 6.45) is 2.12. The van der Waals surface area contributed by atoms with Crippen LogP contribution in [0.15, 0.2) is 30.6 Å². The quantitative estimate of drug-likeness (QED) is 0.542. The maximum Gasteiger partial charge on any atom is 0.251 e. The number of carbonyl (C=O) groups is 1. The van der Waals surface area contributed by atoms with Crippen LogP contribution in [0.3, 0.4) is 0 Å². The monoisotopic (exact) mass is 460 g/mol. The van der Waals surface area contributed by atoms with Crippen LogP contribution in [-0.2, 0) is 0 Å². The van der Waals surface area contributed by atoms with Crippen LogP contribution in [-0.4, -0.2) is 52.1 Å². The standard InChI is InChI=1S/C23H27F3N6O/c1-23(2,3)12-29-22(33)13-5-7-32-18(11-28-19(32)8-13)20-15(25)9-16(26)21(31-20)30-17-10-27-6-4-14(17)24/h5,7-9,11,14,17,27H,4,6,10,12H2,1-3H3,(H,29,33)(H,30,31)/t14-,17-/m1/s1. The molecule has 4 rings (SSSR count). The minimum atomic E-state index is -1.17. The lowest BCUT2D eigenvalue weighted by atomic mass is 9.97. The molecule has 7 nitrogen and oxygen atoms in total. The van der Waals surface area contributed by atoms with E-state index in [4.69, 9.17) is 0 Å². The van der Waals surface area contributed by atoms with Crippen LogP contribution < -0.4 is 16.0 Å². The van der Waals surface area contributed by atoms with Crippen molar-refractivity contribution >= 4 is 17.4 Å². The Balaban J connectivity index is 1.62. The number of hydrogen-bond donors (Lipinski definition) is 3. The predicted octanol–water partition coefficient (Wildman–Crippen LogP) is 3.56. The molecule has 1 fully saturated rings. The molecule has 0 aliphatic carbocycles. The molecule has 0 unspecified atom stereocenters. The Morgan fingerprint density at radius 3 is 2.79 bits per heavy atom. The molecule has 1 saturated heterocycles. The van der Waals surface area contributed by atoms with Gasteiger partial charge in [-0.2, -0.15) is 0 Å². The normalized spacial score (nSPS) is 19.0. The van der Waals surface area contributed by atoms with Crippen molar-refractivity contribution in [3.8, 4) is 11.4 Å². The third kappa shape index (κ3) is 5.11. The number of fused-ring (bicyclic) bond motifs is 1. The smallest absolute Gasteiger partial charge is 0.251 e.